The molecule has 0 heterocycles. The minimum atomic E-state index is 0.697. The van der Waals surface area contributed by atoms with Gasteiger partial charge in [-0.2, -0.15) is 0 Å². The van der Waals surface area contributed by atoms with E-state index in [4.69, 9.17) is 0 Å². The van der Waals surface area contributed by atoms with E-state index in [-0.39, 0.29) is 0 Å². The molecule has 5 aliphatic rings. The minimum absolute atomic E-state index is 0.697. The molecule has 15 heavy (non-hydrogen) atoms. The van der Waals surface area contributed by atoms with Gasteiger partial charge in [0.15, 0.2) is 0 Å². The van der Waals surface area contributed by atoms with Crippen molar-refractivity contribution in [3.8, 4) is 0 Å². The first-order valence-corrected chi connectivity index (χ1v) is 6.73. The van der Waals surface area contributed by atoms with Crippen LogP contribution in [0.1, 0.15) is 25.7 Å². The maximum absolute atomic E-state index is 2.63. The van der Waals surface area contributed by atoms with Crippen LogP contribution in [0.5, 0.6) is 0 Å². The molecule has 0 aromatic carbocycles. The maximum atomic E-state index is 2.63. The first-order chi connectivity index (χ1) is 7.36. The second-order valence-corrected chi connectivity index (χ2v) is 6.79. The summed E-state index contributed by atoms with van der Waals surface area (Å²) in [6, 6.07) is 0. The molecule has 3 fully saturated rings. The molecule has 0 saturated heterocycles. The van der Waals surface area contributed by atoms with E-state index in [0.717, 1.165) is 35.5 Å². The van der Waals surface area contributed by atoms with Gasteiger partial charge in [0.25, 0.3) is 0 Å². The topological polar surface area (TPSA) is 0 Å². The van der Waals surface area contributed by atoms with Crippen molar-refractivity contribution in [1.29, 1.82) is 0 Å². The Balaban J connectivity index is 1.65. The minimum Gasteiger partial charge on any atom is -0.0848 e. The summed E-state index contributed by atoms with van der Waals surface area (Å²) in [5, 5.41) is 0. The van der Waals surface area contributed by atoms with E-state index in [1.54, 1.807) is 6.42 Å². The van der Waals surface area contributed by atoms with Gasteiger partial charge < -0.3 is 0 Å². The van der Waals surface area contributed by atoms with Crippen molar-refractivity contribution in [2.24, 2.45) is 40.9 Å². The molecule has 78 valence electrons. The zero-order valence-corrected chi connectivity index (χ0v) is 9.10. The second kappa shape index (κ2) is 2.12. The van der Waals surface area contributed by atoms with Crippen LogP contribution in [0.3, 0.4) is 0 Å². The summed E-state index contributed by atoms with van der Waals surface area (Å²) in [5.41, 5.74) is 0.697. The molecule has 0 heteroatoms. The summed E-state index contributed by atoms with van der Waals surface area (Å²) in [6.07, 6.45) is 16.4. The van der Waals surface area contributed by atoms with E-state index in [1.165, 1.54) is 19.3 Å². The van der Waals surface area contributed by atoms with Crippen LogP contribution in [0.2, 0.25) is 0 Å². The third-order valence-corrected chi connectivity index (χ3v) is 6.41. The molecule has 7 unspecified atom stereocenters. The van der Waals surface area contributed by atoms with Crippen molar-refractivity contribution in [1.82, 2.24) is 0 Å². The average Bonchev–Trinajstić information content (AvgIpc) is 2.97. The molecule has 0 N–H and O–H groups in total. The van der Waals surface area contributed by atoms with Crippen LogP contribution in [-0.4, -0.2) is 0 Å². The fourth-order valence-corrected chi connectivity index (χ4v) is 6.08. The molecular formula is C15H18. The first kappa shape index (κ1) is 7.70. The quantitative estimate of drug-likeness (QED) is 0.523. The monoisotopic (exact) mass is 198 g/mol. The molecule has 3 saturated carbocycles. The summed E-state index contributed by atoms with van der Waals surface area (Å²) in [5.74, 6) is 6.18. The largest absolute Gasteiger partial charge is 0.0848 e. The van der Waals surface area contributed by atoms with Gasteiger partial charge in [-0.05, 0) is 66.6 Å². The Morgan fingerprint density at radius 1 is 0.933 bits per heavy atom. The highest BCUT2D eigenvalue weighted by Crippen LogP contribution is 2.71. The Bertz CT molecular complexity index is 391. The highest BCUT2D eigenvalue weighted by Gasteiger charge is 2.64. The average molecular weight is 198 g/mol. The van der Waals surface area contributed by atoms with E-state index in [2.05, 4.69) is 24.3 Å². The van der Waals surface area contributed by atoms with Crippen molar-refractivity contribution in [3.05, 3.63) is 24.3 Å². The van der Waals surface area contributed by atoms with E-state index in [0.29, 0.717) is 5.41 Å². The SMILES string of the molecule is C1=CC23CC1CC2C1C2C=CC(C2)C1C3. The van der Waals surface area contributed by atoms with Crippen molar-refractivity contribution in [2.75, 3.05) is 0 Å². The normalized spacial score (nSPS) is 66.7. The Morgan fingerprint density at radius 2 is 1.87 bits per heavy atom. The van der Waals surface area contributed by atoms with Gasteiger partial charge >= 0.3 is 0 Å². The molecule has 0 amide bonds. The molecular weight excluding hydrogens is 180 g/mol. The third-order valence-electron chi connectivity index (χ3n) is 6.41. The number of allylic oxidation sites excluding steroid dienone is 4. The molecule has 5 rings (SSSR count). The Hall–Kier alpha value is -0.520. The molecule has 4 bridgehead atoms. The van der Waals surface area contributed by atoms with Crippen LogP contribution in [-0.2, 0) is 0 Å². The van der Waals surface area contributed by atoms with Gasteiger partial charge in [-0.25, -0.2) is 0 Å². The van der Waals surface area contributed by atoms with Gasteiger partial charge in [0.2, 0.25) is 0 Å². The van der Waals surface area contributed by atoms with Crippen LogP contribution in [0.15, 0.2) is 24.3 Å². The summed E-state index contributed by atoms with van der Waals surface area (Å²) in [6.45, 7) is 0. The van der Waals surface area contributed by atoms with Crippen LogP contribution in [0.4, 0.5) is 0 Å². The van der Waals surface area contributed by atoms with Crippen molar-refractivity contribution in [3.63, 3.8) is 0 Å². The zero-order valence-electron chi connectivity index (χ0n) is 9.10. The van der Waals surface area contributed by atoms with E-state index in [1.807, 2.05) is 0 Å². The Morgan fingerprint density at radius 3 is 2.80 bits per heavy atom. The Kier molecular flexibility index (Phi) is 1.09. The molecule has 0 aliphatic heterocycles. The predicted octanol–water partition coefficient (Wildman–Crippen LogP) is 3.41. The number of fused-ring (bicyclic) bond motifs is 7. The fraction of sp³-hybridized carbons (Fsp3) is 0.733. The van der Waals surface area contributed by atoms with Gasteiger partial charge in [0.05, 0.1) is 0 Å². The first-order valence-electron chi connectivity index (χ1n) is 6.73. The molecule has 5 aliphatic carbocycles. The highest BCUT2D eigenvalue weighted by atomic mass is 14.7. The summed E-state index contributed by atoms with van der Waals surface area (Å²) in [7, 11) is 0. The van der Waals surface area contributed by atoms with Crippen LogP contribution in [0, 0.1) is 40.9 Å². The second-order valence-electron chi connectivity index (χ2n) is 6.79. The van der Waals surface area contributed by atoms with Crippen LogP contribution in [0.25, 0.3) is 0 Å². The molecule has 0 aromatic heterocycles. The van der Waals surface area contributed by atoms with Gasteiger partial charge in [-0.15, -0.1) is 0 Å². The lowest BCUT2D eigenvalue weighted by molar-refractivity contribution is 0.240. The molecule has 1 spiro atoms. The van der Waals surface area contributed by atoms with E-state index < -0.39 is 0 Å². The molecule has 0 aromatic rings. The summed E-state index contributed by atoms with van der Waals surface area (Å²) in [4.78, 5) is 0. The fourth-order valence-electron chi connectivity index (χ4n) is 6.08. The number of hydrogen-bond donors (Lipinski definition) is 0. The standard InChI is InChI=1S/C15H18/c1-2-11-6-10(1)12-8-15-4-3-9(7-15)5-13(15)14(11)12/h1-4,9-14H,5-8H2. The summed E-state index contributed by atoms with van der Waals surface area (Å²) >= 11 is 0. The lowest BCUT2D eigenvalue weighted by Gasteiger charge is -2.30. The number of rotatable bonds is 0. The smallest absolute Gasteiger partial charge is 0.00782 e. The van der Waals surface area contributed by atoms with Gasteiger partial charge in [-0.3, -0.25) is 0 Å². The van der Waals surface area contributed by atoms with Crippen molar-refractivity contribution >= 4 is 0 Å². The number of hydrogen-bond acceptors (Lipinski definition) is 0. The lowest BCUT2D eigenvalue weighted by Crippen LogP contribution is -2.24. The molecule has 7 atom stereocenters. The van der Waals surface area contributed by atoms with E-state index in [9.17, 15) is 0 Å². The zero-order chi connectivity index (χ0) is 9.62. The highest BCUT2D eigenvalue weighted by molar-refractivity contribution is 5.28. The third kappa shape index (κ3) is 0.697. The summed E-state index contributed by atoms with van der Waals surface area (Å²) < 4.78 is 0. The van der Waals surface area contributed by atoms with Crippen molar-refractivity contribution in [2.45, 2.75) is 25.7 Å². The van der Waals surface area contributed by atoms with Gasteiger partial charge in [0.1, 0.15) is 0 Å². The van der Waals surface area contributed by atoms with Gasteiger partial charge in [-0.1, -0.05) is 24.3 Å². The van der Waals surface area contributed by atoms with Crippen LogP contribution < -0.4 is 0 Å². The molecule has 0 nitrogen and oxygen atoms in total. The maximum Gasteiger partial charge on any atom is -0.00782 e. The lowest BCUT2D eigenvalue weighted by atomic mass is 9.74. The van der Waals surface area contributed by atoms with E-state index >= 15 is 0 Å². The Labute approximate surface area is 91.4 Å². The van der Waals surface area contributed by atoms with Crippen LogP contribution >= 0.6 is 0 Å². The molecule has 0 radical (unpaired) electrons. The van der Waals surface area contributed by atoms with Gasteiger partial charge in [0, 0.05) is 0 Å². The van der Waals surface area contributed by atoms with Crippen molar-refractivity contribution < 1.29 is 0 Å². The predicted molar refractivity (Wildman–Crippen MR) is 60.1 cm³/mol.